The van der Waals surface area contributed by atoms with Crippen LogP contribution < -0.4 is 5.32 Å². The van der Waals surface area contributed by atoms with E-state index in [2.05, 4.69) is 10.3 Å². The number of carbonyl (C=O) groups is 3. The Morgan fingerprint density at radius 3 is 2.95 bits per heavy atom. The van der Waals surface area contributed by atoms with E-state index < -0.39 is 5.92 Å². The van der Waals surface area contributed by atoms with Crippen LogP contribution >= 0.6 is 0 Å². The maximum Gasteiger partial charge on any atom is 0.235 e. The number of aromatic nitrogens is 2. The van der Waals surface area contributed by atoms with Crippen LogP contribution in [0.2, 0.25) is 0 Å². The average molecular weight is 257 g/mol. The summed E-state index contributed by atoms with van der Waals surface area (Å²) < 4.78 is 1.71. The van der Waals surface area contributed by atoms with Crippen LogP contribution in [0.4, 0.5) is 0 Å². The van der Waals surface area contributed by atoms with Gasteiger partial charge in [0, 0.05) is 18.2 Å². The molecule has 3 heterocycles. The first-order valence-corrected chi connectivity index (χ1v) is 5.94. The normalized spacial score (nSPS) is 19.5. The van der Waals surface area contributed by atoms with E-state index in [0.29, 0.717) is 24.1 Å². The third kappa shape index (κ3) is 1.91. The molecule has 0 spiro atoms. The van der Waals surface area contributed by atoms with E-state index in [1.165, 1.54) is 0 Å². The topological polar surface area (TPSA) is 80.5 Å². The summed E-state index contributed by atoms with van der Waals surface area (Å²) in [6, 6.07) is 3.44. The SMILES string of the molecule is O=Cc1ccc2c(C3CCC(=O)NC3=O)ncn2c1. The summed E-state index contributed by atoms with van der Waals surface area (Å²) in [4.78, 5) is 37.9. The molecule has 1 fully saturated rings. The zero-order valence-corrected chi connectivity index (χ0v) is 10.00. The highest BCUT2D eigenvalue weighted by atomic mass is 16.2. The number of pyridine rings is 1. The van der Waals surface area contributed by atoms with Crippen LogP contribution in [0.1, 0.15) is 34.8 Å². The van der Waals surface area contributed by atoms with Gasteiger partial charge < -0.3 is 4.40 Å². The van der Waals surface area contributed by atoms with Crippen LogP contribution in [-0.2, 0) is 9.59 Å². The molecule has 2 amide bonds. The van der Waals surface area contributed by atoms with Crippen LogP contribution in [-0.4, -0.2) is 27.5 Å². The summed E-state index contributed by atoms with van der Waals surface area (Å²) in [7, 11) is 0. The fourth-order valence-electron chi connectivity index (χ4n) is 2.33. The zero-order valence-electron chi connectivity index (χ0n) is 10.00. The van der Waals surface area contributed by atoms with Crippen molar-refractivity contribution in [3.8, 4) is 0 Å². The summed E-state index contributed by atoms with van der Waals surface area (Å²) in [6.45, 7) is 0. The molecule has 1 atom stereocenters. The lowest BCUT2D eigenvalue weighted by molar-refractivity contribution is -0.134. The van der Waals surface area contributed by atoms with Gasteiger partial charge in [0.25, 0.3) is 0 Å². The molecule has 0 aliphatic carbocycles. The minimum absolute atomic E-state index is 0.243. The number of hydrogen-bond acceptors (Lipinski definition) is 4. The number of nitrogens with zero attached hydrogens (tertiary/aromatic N) is 2. The van der Waals surface area contributed by atoms with Gasteiger partial charge in [-0.3, -0.25) is 19.7 Å². The molecule has 1 unspecified atom stereocenters. The van der Waals surface area contributed by atoms with Gasteiger partial charge in [0.15, 0.2) is 6.29 Å². The maximum absolute atomic E-state index is 11.8. The Morgan fingerprint density at radius 1 is 1.37 bits per heavy atom. The number of imide groups is 1. The summed E-state index contributed by atoms with van der Waals surface area (Å²) in [5.41, 5.74) is 1.96. The van der Waals surface area contributed by atoms with Crippen molar-refractivity contribution in [3.05, 3.63) is 35.9 Å². The van der Waals surface area contributed by atoms with E-state index in [1.54, 1.807) is 29.1 Å². The number of fused-ring (bicyclic) bond motifs is 1. The minimum Gasteiger partial charge on any atom is -0.305 e. The minimum atomic E-state index is -0.412. The van der Waals surface area contributed by atoms with Gasteiger partial charge in [-0.1, -0.05) is 0 Å². The fourth-order valence-corrected chi connectivity index (χ4v) is 2.33. The Morgan fingerprint density at radius 2 is 2.21 bits per heavy atom. The monoisotopic (exact) mass is 257 g/mol. The van der Waals surface area contributed by atoms with Gasteiger partial charge in [-0.2, -0.15) is 0 Å². The van der Waals surface area contributed by atoms with Gasteiger partial charge in [0.2, 0.25) is 11.8 Å². The fraction of sp³-hybridized carbons (Fsp3) is 0.231. The predicted octanol–water partition coefficient (Wildman–Crippen LogP) is 0.667. The third-order valence-corrected chi connectivity index (χ3v) is 3.29. The quantitative estimate of drug-likeness (QED) is 0.633. The molecule has 0 bridgehead atoms. The van der Waals surface area contributed by atoms with E-state index in [1.807, 2.05) is 0 Å². The summed E-state index contributed by atoms with van der Waals surface area (Å²) >= 11 is 0. The molecule has 2 aromatic rings. The largest absolute Gasteiger partial charge is 0.305 e. The number of rotatable bonds is 2. The molecule has 1 N–H and O–H groups in total. The second kappa shape index (κ2) is 4.31. The van der Waals surface area contributed by atoms with Gasteiger partial charge in [-0.25, -0.2) is 4.98 Å². The number of nitrogens with one attached hydrogen (secondary N) is 1. The van der Waals surface area contributed by atoms with E-state index in [-0.39, 0.29) is 11.8 Å². The lowest BCUT2D eigenvalue weighted by Crippen LogP contribution is -2.39. The van der Waals surface area contributed by atoms with Crippen LogP contribution in [0, 0.1) is 0 Å². The molecule has 0 radical (unpaired) electrons. The Bertz CT molecular complexity index is 689. The van der Waals surface area contributed by atoms with Crippen LogP contribution in [0.25, 0.3) is 5.52 Å². The molecule has 2 aromatic heterocycles. The highest BCUT2D eigenvalue weighted by Gasteiger charge is 2.30. The molecule has 0 aromatic carbocycles. The molecular formula is C13H11N3O3. The van der Waals surface area contributed by atoms with Crippen molar-refractivity contribution in [2.24, 2.45) is 0 Å². The van der Waals surface area contributed by atoms with Gasteiger partial charge in [0.05, 0.1) is 23.5 Å². The Hall–Kier alpha value is -2.50. The highest BCUT2D eigenvalue weighted by Crippen LogP contribution is 2.27. The first kappa shape index (κ1) is 11.6. The van der Waals surface area contributed by atoms with E-state index in [4.69, 9.17) is 0 Å². The third-order valence-electron chi connectivity index (χ3n) is 3.29. The number of hydrogen-bond donors (Lipinski definition) is 1. The molecule has 19 heavy (non-hydrogen) atoms. The molecule has 3 rings (SSSR count). The van der Waals surface area contributed by atoms with Crippen molar-refractivity contribution in [1.82, 2.24) is 14.7 Å². The van der Waals surface area contributed by atoms with Crippen molar-refractivity contribution in [1.29, 1.82) is 0 Å². The second-order valence-electron chi connectivity index (χ2n) is 4.51. The van der Waals surface area contributed by atoms with Gasteiger partial charge in [-0.15, -0.1) is 0 Å². The van der Waals surface area contributed by atoms with Crippen LogP contribution in [0.3, 0.4) is 0 Å². The van der Waals surface area contributed by atoms with Crippen molar-refractivity contribution in [2.75, 3.05) is 0 Å². The molecular weight excluding hydrogens is 246 g/mol. The smallest absolute Gasteiger partial charge is 0.235 e. The van der Waals surface area contributed by atoms with Crippen molar-refractivity contribution < 1.29 is 14.4 Å². The Kier molecular flexibility index (Phi) is 2.63. The zero-order chi connectivity index (χ0) is 13.4. The predicted molar refractivity (Wildman–Crippen MR) is 65.7 cm³/mol. The number of aldehydes is 1. The first-order valence-electron chi connectivity index (χ1n) is 5.94. The Balaban J connectivity index is 2.03. The number of carbonyl (C=O) groups excluding carboxylic acids is 3. The van der Waals surface area contributed by atoms with E-state index in [9.17, 15) is 14.4 Å². The summed E-state index contributed by atoms with van der Waals surface area (Å²) in [5.74, 6) is -0.964. The summed E-state index contributed by atoms with van der Waals surface area (Å²) in [6.07, 6.45) is 4.77. The lowest BCUT2D eigenvalue weighted by Gasteiger charge is -2.19. The molecule has 1 aliphatic heterocycles. The molecule has 96 valence electrons. The van der Waals surface area contributed by atoms with Gasteiger partial charge in [-0.05, 0) is 18.6 Å². The second-order valence-corrected chi connectivity index (χ2v) is 4.51. The molecule has 6 nitrogen and oxygen atoms in total. The van der Waals surface area contributed by atoms with Crippen molar-refractivity contribution >= 4 is 23.6 Å². The van der Waals surface area contributed by atoms with Gasteiger partial charge >= 0.3 is 0 Å². The van der Waals surface area contributed by atoms with Gasteiger partial charge in [0.1, 0.15) is 0 Å². The van der Waals surface area contributed by atoms with Crippen LogP contribution in [0.5, 0.6) is 0 Å². The molecule has 0 saturated carbocycles. The number of piperidine rings is 1. The van der Waals surface area contributed by atoms with Crippen molar-refractivity contribution in [2.45, 2.75) is 18.8 Å². The Labute approximate surface area is 108 Å². The molecule has 1 saturated heterocycles. The standard InChI is InChI=1S/C13H11N3O3/c17-6-8-1-3-10-12(14-7-16(10)5-8)9-2-4-11(18)15-13(9)19/h1,3,5-7,9H,2,4H2,(H,15,18,19). The molecule has 1 aliphatic rings. The van der Waals surface area contributed by atoms with Crippen molar-refractivity contribution in [3.63, 3.8) is 0 Å². The maximum atomic E-state index is 11.8. The average Bonchev–Trinajstić information content (AvgIpc) is 2.81. The first-order chi connectivity index (χ1) is 9.19. The number of amides is 2. The summed E-state index contributed by atoms with van der Waals surface area (Å²) in [5, 5.41) is 2.32. The van der Waals surface area contributed by atoms with Crippen LogP contribution in [0.15, 0.2) is 24.7 Å². The highest BCUT2D eigenvalue weighted by molar-refractivity contribution is 6.01. The number of imidazole rings is 1. The van der Waals surface area contributed by atoms with E-state index >= 15 is 0 Å². The lowest BCUT2D eigenvalue weighted by atomic mass is 9.94. The molecule has 6 heteroatoms. The van der Waals surface area contributed by atoms with E-state index in [0.717, 1.165) is 11.8 Å².